The smallest absolute Gasteiger partial charge is 0.261 e. The van der Waals surface area contributed by atoms with Crippen LogP contribution in [0.4, 0.5) is 4.39 Å². The summed E-state index contributed by atoms with van der Waals surface area (Å²) in [7, 11) is 3.16. The van der Waals surface area contributed by atoms with Crippen LogP contribution in [0.3, 0.4) is 0 Å². The Morgan fingerprint density at radius 2 is 1.73 bits per heavy atom. The highest BCUT2D eigenvalue weighted by molar-refractivity contribution is 5.81. The number of methoxy groups -OCH3 is 2. The van der Waals surface area contributed by atoms with Gasteiger partial charge in [-0.05, 0) is 55.8 Å². The van der Waals surface area contributed by atoms with E-state index in [0.717, 1.165) is 5.56 Å². The first kappa shape index (κ1) is 19.6. The van der Waals surface area contributed by atoms with Crippen LogP contribution in [-0.4, -0.2) is 26.2 Å². The van der Waals surface area contributed by atoms with Crippen LogP contribution in [0, 0.1) is 5.82 Å². The van der Waals surface area contributed by atoms with Gasteiger partial charge in [0.25, 0.3) is 5.91 Å². The van der Waals surface area contributed by atoms with Crippen molar-refractivity contribution in [3.8, 4) is 17.2 Å². The molecule has 2 rings (SSSR count). The molecule has 0 bridgehead atoms. The second kappa shape index (κ2) is 9.08. The van der Waals surface area contributed by atoms with Gasteiger partial charge in [-0.1, -0.05) is 6.92 Å². The molecule has 6 heteroatoms. The third kappa shape index (κ3) is 4.88. The van der Waals surface area contributed by atoms with Gasteiger partial charge in [-0.25, -0.2) is 4.39 Å². The molecule has 140 valence electrons. The highest BCUT2D eigenvalue weighted by Crippen LogP contribution is 2.29. The second-order valence-corrected chi connectivity index (χ2v) is 5.81. The molecule has 0 saturated carbocycles. The van der Waals surface area contributed by atoms with Gasteiger partial charge in [0, 0.05) is 5.56 Å². The molecular weight excluding hydrogens is 337 g/mol. The zero-order valence-electron chi connectivity index (χ0n) is 15.4. The van der Waals surface area contributed by atoms with E-state index in [1.165, 1.54) is 24.3 Å². The lowest BCUT2D eigenvalue weighted by atomic mass is 10.1. The molecule has 0 aliphatic heterocycles. The van der Waals surface area contributed by atoms with E-state index in [1.54, 1.807) is 26.4 Å². The molecule has 26 heavy (non-hydrogen) atoms. The van der Waals surface area contributed by atoms with Gasteiger partial charge in [0.1, 0.15) is 23.1 Å². The average molecular weight is 361 g/mol. The van der Waals surface area contributed by atoms with Crippen molar-refractivity contribution in [2.75, 3.05) is 14.2 Å². The number of benzene rings is 2. The molecule has 0 heterocycles. The monoisotopic (exact) mass is 361 g/mol. The van der Waals surface area contributed by atoms with Gasteiger partial charge in [0.2, 0.25) is 0 Å². The summed E-state index contributed by atoms with van der Waals surface area (Å²) in [4.78, 5) is 12.6. The SMILES string of the molecule is CC[C@@H](Oc1ccc(F)cc1)C(=O)N[C@H](C)c1cc(OC)ccc1OC. The van der Waals surface area contributed by atoms with Gasteiger partial charge < -0.3 is 19.5 Å². The fraction of sp³-hybridized carbons (Fsp3) is 0.350. The maximum Gasteiger partial charge on any atom is 0.261 e. The Morgan fingerprint density at radius 1 is 1.08 bits per heavy atom. The lowest BCUT2D eigenvalue weighted by Crippen LogP contribution is -2.39. The van der Waals surface area contributed by atoms with Crippen LogP contribution in [0.25, 0.3) is 0 Å². The number of amides is 1. The van der Waals surface area contributed by atoms with E-state index in [4.69, 9.17) is 14.2 Å². The minimum atomic E-state index is -0.681. The number of carbonyl (C=O) groups is 1. The molecule has 0 spiro atoms. The second-order valence-electron chi connectivity index (χ2n) is 5.81. The van der Waals surface area contributed by atoms with Crippen LogP contribution in [0.1, 0.15) is 31.9 Å². The van der Waals surface area contributed by atoms with Crippen molar-refractivity contribution in [1.82, 2.24) is 5.32 Å². The lowest BCUT2D eigenvalue weighted by Gasteiger charge is -2.22. The Bertz CT molecular complexity index is 733. The molecule has 1 amide bonds. The normalized spacial score (nSPS) is 12.8. The minimum absolute atomic E-state index is 0.255. The topological polar surface area (TPSA) is 56.8 Å². The molecule has 0 aliphatic rings. The predicted octanol–water partition coefficient (Wildman–Crippen LogP) is 3.88. The van der Waals surface area contributed by atoms with E-state index in [-0.39, 0.29) is 17.8 Å². The van der Waals surface area contributed by atoms with E-state index in [1.807, 2.05) is 19.9 Å². The van der Waals surface area contributed by atoms with E-state index in [2.05, 4.69) is 5.32 Å². The van der Waals surface area contributed by atoms with Crippen LogP contribution >= 0.6 is 0 Å². The molecule has 2 aromatic carbocycles. The van der Waals surface area contributed by atoms with E-state index < -0.39 is 6.10 Å². The third-order valence-corrected chi connectivity index (χ3v) is 4.02. The first-order chi connectivity index (χ1) is 12.5. The van der Waals surface area contributed by atoms with E-state index in [9.17, 15) is 9.18 Å². The molecule has 0 aromatic heterocycles. The molecule has 1 N–H and O–H groups in total. The van der Waals surface area contributed by atoms with Crippen LogP contribution in [0.5, 0.6) is 17.2 Å². The first-order valence-corrected chi connectivity index (χ1v) is 8.43. The summed E-state index contributed by atoms with van der Waals surface area (Å²) in [5.41, 5.74) is 0.803. The van der Waals surface area contributed by atoms with Crippen molar-refractivity contribution in [3.63, 3.8) is 0 Å². The number of carbonyl (C=O) groups excluding carboxylic acids is 1. The standard InChI is InChI=1S/C20H24FNO4/c1-5-18(26-15-8-6-14(21)7-9-15)20(23)22-13(2)17-12-16(24-3)10-11-19(17)25-4/h6-13,18H,5H2,1-4H3,(H,22,23)/t13-,18-/m1/s1. The number of halogens is 1. The first-order valence-electron chi connectivity index (χ1n) is 8.43. The maximum absolute atomic E-state index is 13.0. The summed E-state index contributed by atoms with van der Waals surface area (Å²) in [5, 5.41) is 2.93. The molecule has 0 unspecified atom stereocenters. The molecule has 0 saturated heterocycles. The lowest BCUT2D eigenvalue weighted by molar-refractivity contribution is -0.128. The van der Waals surface area contributed by atoms with Crippen LogP contribution in [0.2, 0.25) is 0 Å². The van der Waals surface area contributed by atoms with Crippen molar-refractivity contribution < 1.29 is 23.4 Å². The van der Waals surface area contributed by atoms with Crippen LogP contribution < -0.4 is 19.5 Å². The van der Waals surface area contributed by atoms with Crippen molar-refractivity contribution in [2.45, 2.75) is 32.4 Å². The van der Waals surface area contributed by atoms with Crippen molar-refractivity contribution in [3.05, 3.63) is 53.8 Å². The average Bonchev–Trinajstić information content (AvgIpc) is 2.66. The molecule has 0 fully saturated rings. The highest BCUT2D eigenvalue weighted by Gasteiger charge is 2.22. The summed E-state index contributed by atoms with van der Waals surface area (Å²) >= 11 is 0. The summed E-state index contributed by atoms with van der Waals surface area (Å²) in [5.74, 6) is 1.17. The van der Waals surface area contributed by atoms with Crippen LogP contribution in [0.15, 0.2) is 42.5 Å². The Balaban J connectivity index is 2.10. The Kier molecular flexibility index (Phi) is 6.83. The van der Waals surface area contributed by atoms with E-state index >= 15 is 0 Å². The molecule has 5 nitrogen and oxygen atoms in total. The Labute approximate surface area is 153 Å². The number of hydrogen-bond donors (Lipinski definition) is 1. The minimum Gasteiger partial charge on any atom is -0.497 e. The summed E-state index contributed by atoms with van der Waals surface area (Å²) in [6, 6.07) is 10.7. The summed E-state index contributed by atoms with van der Waals surface area (Å²) < 4.78 is 29.3. The number of hydrogen-bond acceptors (Lipinski definition) is 4. The fourth-order valence-electron chi connectivity index (χ4n) is 2.56. The van der Waals surface area contributed by atoms with Gasteiger partial charge >= 0.3 is 0 Å². The zero-order valence-corrected chi connectivity index (χ0v) is 15.4. The van der Waals surface area contributed by atoms with Crippen molar-refractivity contribution in [1.29, 1.82) is 0 Å². The number of nitrogens with one attached hydrogen (secondary N) is 1. The van der Waals surface area contributed by atoms with Gasteiger partial charge in [-0.2, -0.15) is 0 Å². The summed E-state index contributed by atoms with van der Waals surface area (Å²) in [6.07, 6.45) is -0.204. The maximum atomic E-state index is 13.0. The van der Waals surface area contributed by atoms with Crippen molar-refractivity contribution in [2.24, 2.45) is 0 Å². The van der Waals surface area contributed by atoms with Crippen molar-refractivity contribution >= 4 is 5.91 Å². The van der Waals surface area contributed by atoms with Gasteiger partial charge in [-0.15, -0.1) is 0 Å². The highest BCUT2D eigenvalue weighted by atomic mass is 19.1. The number of ether oxygens (including phenoxy) is 3. The largest absolute Gasteiger partial charge is 0.497 e. The number of rotatable bonds is 8. The Morgan fingerprint density at radius 3 is 2.31 bits per heavy atom. The Hall–Kier alpha value is -2.76. The van der Waals surface area contributed by atoms with Gasteiger partial charge in [0.05, 0.1) is 20.3 Å². The van der Waals surface area contributed by atoms with Gasteiger partial charge in [0.15, 0.2) is 6.10 Å². The quantitative estimate of drug-likeness (QED) is 0.775. The molecule has 2 aromatic rings. The third-order valence-electron chi connectivity index (χ3n) is 4.02. The molecule has 2 atom stereocenters. The summed E-state index contributed by atoms with van der Waals surface area (Å²) in [6.45, 7) is 3.71. The molecular formula is C20H24FNO4. The van der Waals surface area contributed by atoms with E-state index in [0.29, 0.717) is 23.7 Å². The molecule has 0 aliphatic carbocycles. The van der Waals surface area contributed by atoms with Gasteiger partial charge in [-0.3, -0.25) is 4.79 Å². The van der Waals surface area contributed by atoms with Crippen LogP contribution in [-0.2, 0) is 4.79 Å². The molecule has 0 radical (unpaired) electrons. The zero-order chi connectivity index (χ0) is 19.1. The predicted molar refractivity (Wildman–Crippen MR) is 97.2 cm³/mol. The fourth-order valence-corrected chi connectivity index (χ4v) is 2.56.